The van der Waals surface area contributed by atoms with Gasteiger partial charge in [0.05, 0.1) is 152 Å². The van der Waals surface area contributed by atoms with Gasteiger partial charge >= 0.3 is 5.97 Å². The predicted octanol–water partition coefficient (Wildman–Crippen LogP) is 4.63. The van der Waals surface area contributed by atoms with Crippen molar-refractivity contribution in [2.24, 2.45) is 0 Å². The highest BCUT2D eigenvalue weighted by atomic mass is 16.6. The van der Waals surface area contributed by atoms with Crippen LogP contribution >= 0.6 is 0 Å². The van der Waals surface area contributed by atoms with Gasteiger partial charge < -0.3 is 61.9 Å². The first-order valence-electron chi connectivity index (χ1n) is 19.5. The van der Waals surface area contributed by atoms with Crippen LogP contribution in [-0.4, -0.2) is 163 Å². The minimum Gasteiger partial charge on any atom is -0.491 e. The first-order chi connectivity index (χ1) is 26.2. The van der Waals surface area contributed by atoms with Gasteiger partial charge in [-0.3, -0.25) is 4.79 Å². The third-order valence-corrected chi connectivity index (χ3v) is 7.42. The van der Waals surface area contributed by atoms with E-state index in [1.807, 2.05) is 12.1 Å². The maximum absolute atomic E-state index is 10.3. The molecule has 0 unspecified atom stereocenters. The maximum Gasteiger partial charge on any atom is 0.305 e. The van der Waals surface area contributed by atoms with E-state index in [2.05, 4.69) is 19.1 Å². The normalized spacial score (nSPS) is 11.4. The van der Waals surface area contributed by atoms with Gasteiger partial charge in [0.1, 0.15) is 12.4 Å². The number of hydrogen-bond acceptors (Lipinski definition) is 13. The zero-order valence-corrected chi connectivity index (χ0v) is 32.5. The average Bonchev–Trinajstić information content (AvgIpc) is 3.16. The van der Waals surface area contributed by atoms with Gasteiger partial charge in [-0.2, -0.15) is 0 Å². The monoisotopic (exact) mass is 762 g/mol. The van der Waals surface area contributed by atoms with Crippen LogP contribution in [0.15, 0.2) is 24.3 Å². The van der Waals surface area contributed by atoms with Crippen LogP contribution in [0.5, 0.6) is 5.75 Å². The molecular formula is C39H70O14. The summed E-state index contributed by atoms with van der Waals surface area (Å²) in [4.78, 5) is 10.3. The Morgan fingerprint density at radius 3 is 1.06 bits per heavy atom. The molecule has 1 aromatic carbocycles. The molecule has 14 heteroatoms. The van der Waals surface area contributed by atoms with Crippen LogP contribution in [0, 0.1) is 0 Å². The summed E-state index contributed by atoms with van der Waals surface area (Å²) >= 11 is 0. The second-order valence-corrected chi connectivity index (χ2v) is 11.9. The fourth-order valence-electron chi connectivity index (χ4n) is 4.54. The lowest BCUT2D eigenvalue weighted by Gasteiger charge is -2.09. The molecule has 0 aliphatic carbocycles. The van der Waals surface area contributed by atoms with Crippen molar-refractivity contribution < 1.29 is 66.7 Å². The third-order valence-electron chi connectivity index (χ3n) is 7.42. The molecule has 0 saturated heterocycles. The van der Waals surface area contributed by atoms with Crippen LogP contribution in [0.4, 0.5) is 0 Å². The van der Waals surface area contributed by atoms with E-state index in [1.54, 1.807) is 0 Å². The molecule has 14 nitrogen and oxygen atoms in total. The van der Waals surface area contributed by atoms with Crippen LogP contribution in [0.3, 0.4) is 0 Å². The van der Waals surface area contributed by atoms with E-state index in [4.69, 9.17) is 61.9 Å². The largest absolute Gasteiger partial charge is 0.491 e. The van der Waals surface area contributed by atoms with Crippen LogP contribution < -0.4 is 4.74 Å². The Hall–Kier alpha value is -1.95. The summed E-state index contributed by atoms with van der Waals surface area (Å²) < 4.78 is 65.7. The molecule has 0 bridgehead atoms. The number of carbonyl (C=O) groups is 1. The van der Waals surface area contributed by atoms with Gasteiger partial charge in [0.2, 0.25) is 0 Å². The molecule has 0 heterocycles. The molecule has 0 fully saturated rings. The highest BCUT2D eigenvalue weighted by Gasteiger charge is 2.00. The molecule has 1 N–H and O–H groups in total. The van der Waals surface area contributed by atoms with Gasteiger partial charge in [-0.05, 0) is 30.5 Å². The molecule has 0 saturated carbocycles. The van der Waals surface area contributed by atoms with E-state index in [-0.39, 0.29) is 13.0 Å². The van der Waals surface area contributed by atoms with E-state index < -0.39 is 5.97 Å². The van der Waals surface area contributed by atoms with Crippen molar-refractivity contribution in [3.8, 4) is 5.75 Å². The van der Waals surface area contributed by atoms with Crippen LogP contribution in [-0.2, 0) is 63.3 Å². The Bertz CT molecular complexity index is 876. The van der Waals surface area contributed by atoms with Crippen molar-refractivity contribution >= 4 is 5.97 Å². The van der Waals surface area contributed by atoms with Gasteiger partial charge in [-0.1, -0.05) is 51.2 Å². The molecular weight excluding hydrogens is 692 g/mol. The van der Waals surface area contributed by atoms with Crippen molar-refractivity contribution in [3.05, 3.63) is 29.8 Å². The van der Waals surface area contributed by atoms with Crippen LogP contribution in [0.25, 0.3) is 0 Å². The summed E-state index contributed by atoms with van der Waals surface area (Å²) in [7, 11) is 0. The zero-order chi connectivity index (χ0) is 38.0. The number of carboxylic acid groups (broad SMARTS) is 1. The molecule has 0 radical (unpaired) electrons. The molecule has 0 atom stereocenters. The smallest absolute Gasteiger partial charge is 0.305 e. The van der Waals surface area contributed by atoms with Gasteiger partial charge in [-0.15, -0.1) is 0 Å². The first kappa shape index (κ1) is 49.1. The minimum atomic E-state index is -0.874. The number of unbranched alkanes of at least 4 members (excludes halogenated alkanes) is 5. The third kappa shape index (κ3) is 38.1. The summed E-state index contributed by atoms with van der Waals surface area (Å²) in [5, 5.41) is 8.50. The molecule has 0 aliphatic rings. The van der Waals surface area contributed by atoms with Crippen molar-refractivity contribution in [2.75, 3.05) is 152 Å². The Labute approximate surface area is 318 Å². The lowest BCUT2D eigenvalue weighted by atomic mass is 10.0. The minimum absolute atomic E-state index is 0.00234. The molecule has 1 rings (SSSR count). The number of benzene rings is 1. The molecule has 0 amide bonds. The second kappa shape index (κ2) is 41.2. The predicted molar refractivity (Wildman–Crippen MR) is 200 cm³/mol. The first-order valence-corrected chi connectivity index (χ1v) is 19.5. The Kier molecular flexibility index (Phi) is 38.2. The number of aryl methyl sites for hydroxylation is 1. The Balaban J connectivity index is 1.67. The standard InChI is InChI=1S/C39H70O14/c1-2-3-4-5-6-7-8-37-9-11-38(12-10-37)53-36-35-52-34-33-51-32-31-50-30-29-49-28-27-48-26-25-47-24-23-46-22-21-45-20-19-44-18-17-43-16-15-42-14-13-39(40)41/h9-12H,2-8,13-36H2,1H3,(H,40,41). The summed E-state index contributed by atoms with van der Waals surface area (Å²) in [5.41, 5.74) is 1.37. The van der Waals surface area contributed by atoms with Crippen molar-refractivity contribution in [1.82, 2.24) is 0 Å². The summed E-state index contributed by atoms with van der Waals surface area (Å²) in [5.74, 6) is 0.00657. The van der Waals surface area contributed by atoms with Gasteiger partial charge in [0, 0.05) is 0 Å². The lowest BCUT2D eigenvalue weighted by molar-refractivity contribution is -0.138. The topological polar surface area (TPSA) is 148 Å². The fraction of sp³-hybridized carbons (Fsp3) is 0.821. The molecule has 53 heavy (non-hydrogen) atoms. The van der Waals surface area contributed by atoms with E-state index in [1.165, 1.54) is 44.1 Å². The molecule has 0 aliphatic heterocycles. The van der Waals surface area contributed by atoms with E-state index >= 15 is 0 Å². The van der Waals surface area contributed by atoms with Crippen molar-refractivity contribution in [1.29, 1.82) is 0 Å². The molecule has 1 aromatic rings. The number of hydrogen-bond donors (Lipinski definition) is 1. The molecule has 0 aromatic heterocycles. The second-order valence-electron chi connectivity index (χ2n) is 11.9. The Morgan fingerprint density at radius 2 is 0.717 bits per heavy atom. The van der Waals surface area contributed by atoms with Crippen LogP contribution in [0.2, 0.25) is 0 Å². The SMILES string of the molecule is CCCCCCCCc1ccc(OCCOCCOCCOCCOCCOCCOCCOCCOCCOCCOCCOCCC(=O)O)cc1. The highest BCUT2D eigenvalue weighted by molar-refractivity contribution is 5.66. The highest BCUT2D eigenvalue weighted by Crippen LogP contribution is 2.15. The van der Waals surface area contributed by atoms with Gasteiger partial charge in [0.25, 0.3) is 0 Å². The number of rotatable bonds is 44. The molecule has 310 valence electrons. The summed E-state index contributed by atoms with van der Waals surface area (Å²) in [6.07, 6.45) is 9.06. The van der Waals surface area contributed by atoms with Crippen molar-refractivity contribution in [3.63, 3.8) is 0 Å². The fourth-order valence-corrected chi connectivity index (χ4v) is 4.54. The number of aliphatic carboxylic acids is 1. The molecule has 0 spiro atoms. The lowest BCUT2D eigenvalue weighted by Crippen LogP contribution is -2.15. The van der Waals surface area contributed by atoms with Gasteiger partial charge in [0.15, 0.2) is 0 Å². The van der Waals surface area contributed by atoms with E-state index in [0.717, 1.165) is 12.2 Å². The Morgan fingerprint density at radius 1 is 0.415 bits per heavy atom. The van der Waals surface area contributed by atoms with E-state index in [0.29, 0.717) is 145 Å². The zero-order valence-electron chi connectivity index (χ0n) is 32.5. The average molecular weight is 763 g/mol. The maximum atomic E-state index is 10.3. The quantitative estimate of drug-likeness (QED) is 0.0922. The van der Waals surface area contributed by atoms with Gasteiger partial charge in [-0.25, -0.2) is 0 Å². The summed E-state index contributed by atoms with van der Waals surface area (Å²) in [6.45, 7) is 13.1. The van der Waals surface area contributed by atoms with E-state index in [9.17, 15) is 4.79 Å². The van der Waals surface area contributed by atoms with Crippen LogP contribution in [0.1, 0.15) is 57.4 Å². The number of ether oxygens (including phenoxy) is 12. The van der Waals surface area contributed by atoms with Crippen molar-refractivity contribution in [2.45, 2.75) is 58.3 Å². The summed E-state index contributed by atoms with van der Waals surface area (Å²) in [6, 6.07) is 8.42. The number of carboxylic acids is 1.